The molecule has 9 nitrogen and oxygen atoms in total. The first-order chi connectivity index (χ1) is 19.8. The first kappa shape index (κ1) is 27.6. The maximum absolute atomic E-state index is 15.9. The molecule has 0 unspecified atom stereocenters. The minimum Gasteiger partial charge on any atom is -0.378 e. The number of ether oxygens (including phenoxy) is 2. The number of benzene rings is 2. The number of carbonyl (C=O) groups is 1. The normalized spacial score (nSPS) is 16.4. The summed E-state index contributed by atoms with van der Waals surface area (Å²) in [6.07, 6.45) is 5.47. The van der Waals surface area contributed by atoms with Crippen molar-refractivity contribution in [1.82, 2.24) is 24.2 Å². The number of rotatable bonds is 9. The Morgan fingerprint density at radius 3 is 2.56 bits per heavy atom. The van der Waals surface area contributed by atoms with Crippen molar-refractivity contribution in [3.8, 4) is 16.8 Å². The summed E-state index contributed by atoms with van der Waals surface area (Å²) < 4.78 is 30.7. The molecule has 0 bridgehead atoms. The van der Waals surface area contributed by atoms with Gasteiger partial charge in [0.15, 0.2) is 5.82 Å². The Morgan fingerprint density at radius 1 is 1.07 bits per heavy atom. The smallest absolute Gasteiger partial charge is 0.229 e. The molecule has 41 heavy (non-hydrogen) atoms. The second-order valence-corrected chi connectivity index (χ2v) is 17.7. The fraction of sp³-hybridized carbons (Fsp3) is 0.433. The van der Waals surface area contributed by atoms with Gasteiger partial charge < -0.3 is 19.3 Å². The summed E-state index contributed by atoms with van der Waals surface area (Å²) in [5.74, 6) is -0.297. The standard InChI is InChI=1S/C30H37FN6O3Si/c1-41(2,3)15-14-40-21-36-19-23(16-33-36)22-4-6-25(7-5-22)37-20-32-26-8-9-27(28(31)29(26)37)35-17-24(18-35)30(38)34-10-12-39-13-11-34/h4-9,16,19-20,24H,10-15,17-18,21H2,1-3H3. The Morgan fingerprint density at radius 2 is 1.83 bits per heavy atom. The van der Waals surface area contributed by atoms with Crippen LogP contribution in [0, 0.1) is 11.7 Å². The van der Waals surface area contributed by atoms with E-state index in [0.717, 1.165) is 29.5 Å². The zero-order valence-corrected chi connectivity index (χ0v) is 24.9. The molecule has 0 aliphatic carbocycles. The minimum absolute atomic E-state index is 0.110. The molecule has 0 atom stereocenters. The van der Waals surface area contributed by atoms with Crippen LogP contribution >= 0.6 is 0 Å². The Labute approximate surface area is 240 Å². The van der Waals surface area contributed by atoms with Crippen molar-refractivity contribution in [1.29, 1.82) is 0 Å². The molecule has 2 aromatic carbocycles. The lowest BCUT2D eigenvalue weighted by molar-refractivity contribution is -0.140. The number of aromatic nitrogens is 4. The van der Waals surface area contributed by atoms with Gasteiger partial charge in [0.25, 0.3) is 0 Å². The molecule has 2 aromatic heterocycles. The van der Waals surface area contributed by atoms with E-state index >= 15 is 4.39 Å². The summed E-state index contributed by atoms with van der Waals surface area (Å²) >= 11 is 0. The molecule has 2 aliphatic heterocycles. The summed E-state index contributed by atoms with van der Waals surface area (Å²) in [6, 6.07) is 12.7. The second-order valence-electron chi connectivity index (χ2n) is 12.1. The van der Waals surface area contributed by atoms with Crippen LogP contribution in [0.2, 0.25) is 25.7 Å². The first-order valence-electron chi connectivity index (χ1n) is 14.2. The fourth-order valence-corrected chi connectivity index (χ4v) is 6.06. The molecule has 4 aromatic rings. The molecule has 2 fully saturated rings. The number of fused-ring (bicyclic) bond motifs is 1. The van der Waals surface area contributed by atoms with Crippen molar-refractivity contribution >= 4 is 30.7 Å². The molecule has 1 amide bonds. The van der Waals surface area contributed by atoms with Crippen LogP contribution in [0.1, 0.15) is 0 Å². The van der Waals surface area contributed by atoms with E-state index in [1.165, 1.54) is 0 Å². The van der Waals surface area contributed by atoms with Crippen LogP contribution < -0.4 is 4.90 Å². The number of imidazole rings is 1. The summed E-state index contributed by atoms with van der Waals surface area (Å²) in [7, 11) is -1.12. The van der Waals surface area contributed by atoms with Gasteiger partial charge in [-0.1, -0.05) is 31.8 Å². The van der Waals surface area contributed by atoms with Gasteiger partial charge in [-0.15, -0.1) is 0 Å². The third-order valence-corrected chi connectivity index (χ3v) is 9.56. The third kappa shape index (κ3) is 5.93. The van der Waals surface area contributed by atoms with Crippen molar-refractivity contribution in [3.05, 3.63) is 60.9 Å². The highest BCUT2D eigenvalue weighted by molar-refractivity contribution is 6.76. The number of anilines is 1. The van der Waals surface area contributed by atoms with Crippen LogP contribution in [0.4, 0.5) is 10.1 Å². The molecule has 2 saturated heterocycles. The molecule has 6 rings (SSSR count). The molecule has 0 N–H and O–H groups in total. The van der Waals surface area contributed by atoms with Crippen molar-refractivity contribution < 1.29 is 18.7 Å². The number of hydrogen-bond acceptors (Lipinski definition) is 6. The number of halogens is 1. The number of hydrogen-bond donors (Lipinski definition) is 0. The Balaban J connectivity index is 1.13. The summed E-state index contributed by atoms with van der Waals surface area (Å²) in [5.41, 5.74) is 4.35. The van der Waals surface area contributed by atoms with Crippen LogP contribution in [0.15, 0.2) is 55.1 Å². The van der Waals surface area contributed by atoms with Gasteiger partial charge in [0, 0.05) is 58.3 Å². The SMILES string of the molecule is C[Si](C)(C)CCOCn1cc(-c2ccc(-n3cnc4ccc(N5CC(C(=O)N6CCOCC6)C5)c(F)c43)cc2)cn1. The molecule has 0 spiro atoms. The lowest BCUT2D eigenvalue weighted by atomic mass is 9.97. The van der Waals surface area contributed by atoms with Crippen molar-refractivity contribution in [2.45, 2.75) is 32.4 Å². The van der Waals surface area contributed by atoms with Crippen molar-refractivity contribution in [2.75, 3.05) is 50.9 Å². The number of amides is 1. The van der Waals surface area contributed by atoms with Gasteiger partial charge >= 0.3 is 0 Å². The predicted octanol–water partition coefficient (Wildman–Crippen LogP) is 4.64. The van der Waals surface area contributed by atoms with E-state index in [2.05, 4.69) is 29.7 Å². The monoisotopic (exact) mass is 576 g/mol. The minimum atomic E-state index is -1.12. The molecule has 2 aliphatic rings. The van der Waals surface area contributed by atoms with E-state index in [4.69, 9.17) is 9.47 Å². The fourth-order valence-electron chi connectivity index (χ4n) is 5.30. The highest BCUT2D eigenvalue weighted by atomic mass is 28.3. The molecule has 0 radical (unpaired) electrons. The topological polar surface area (TPSA) is 77.7 Å². The highest BCUT2D eigenvalue weighted by Gasteiger charge is 2.37. The Hall–Kier alpha value is -3.54. The van der Waals surface area contributed by atoms with Gasteiger partial charge in [-0.05, 0) is 35.9 Å². The predicted molar refractivity (Wildman–Crippen MR) is 159 cm³/mol. The largest absolute Gasteiger partial charge is 0.378 e. The van der Waals surface area contributed by atoms with Crippen LogP contribution in [-0.2, 0) is 21.0 Å². The lowest BCUT2D eigenvalue weighted by Crippen LogP contribution is -2.56. The Bertz CT molecular complexity index is 1520. The van der Waals surface area contributed by atoms with Crippen LogP contribution in [-0.4, -0.2) is 84.2 Å². The zero-order valence-electron chi connectivity index (χ0n) is 23.9. The van der Waals surface area contributed by atoms with E-state index < -0.39 is 8.07 Å². The van der Waals surface area contributed by atoms with Crippen LogP contribution in [0.25, 0.3) is 27.8 Å². The second kappa shape index (κ2) is 11.4. The Kier molecular flexibility index (Phi) is 7.67. The zero-order chi connectivity index (χ0) is 28.6. The van der Waals surface area contributed by atoms with Gasteiger partial charge in [0.05, 0.1) is 36.5 Å². The van der Waals surface area contributed by atoms with E-state index in [1.54, 1.807) is 17.0 Å². The maximum Gasteiger partial charge on any atom is 0.229 e. The molecular formula is C30H37FN6O3Si. The van der Waals surface area contributed by atoms with Gasteiger partial charge in [-0.25, -0.2) is 14.1 Å². The molecular weight excluding hydrogens is 539 g/mol. The number of morpholine rings is 1. The third-order valence-electron chi connectivity index (χ3n) is 7.85. The van der Waals surface area contributed by atoms with E-state index in [0.29, 0.717) is 62.8 Å². The molecule has 4 heterocycles. The van der Waals surface area contributed by atoms with Crippen molar-refractivity contribution in [3.63, 3.8) is 0 Å². The lowest BCUT2D eigenvalue weighted by Gasteiger charge is -2.42. The van der Waals surface area contributed by atoms with E-state index in [9.17, 15) is 4.79 Å². The first-order valence-corrected chi connectivity index (χ1v) is 18.0. The quantitative estimate of drug-likeness (QED) is 0.214. The van der Waals surface area contributed by atoms with Gasteiger partial charge in [0.2, 0.25) is 5.91 Å². The van der Waals surface area contributed by atoms with E-state index in [-0.39, 0.29) is 17.6 Å². The maximum atomic E-state index is 15.9. The van der Waals surface area contributed by atoms with Crippen molar-refractivity contribution in [2.24, 2.45) is 5.92 Å². The summed E-state index contributed by atoms with van der Waals surface area (Å²) in [4.78, 5) is 21.0. The average Bonchev–Trinajstić information content (AvgIpc) is 3.59. The average molecular weight is 577 g/mol. The summed E-state index contributed by atoms with van der Waals surface area (Å²) in [5, 5.41) is 4.44. The molecule has 0 saturated carbocycles. The van der Waals surface area contributed by atoms with Crippen LogP contribution in [0.3, 0.4) is 0 Å². The summed E-state index contributed by atoms with van der Waals surface area (Å²) in [6.45, 7) is 11.6. The van der Waals surface area contributed by atoms with E-state index in [1.807, 2.05) is 57.2 Å². The molecule has 11 heteroatoms. The van der Waals surface area contributed by atoms with Gasteiger partial charge in [0.1, 0.15) is 18.6 Å². The highest BCUT2D eigenvalue weighted by Crippen LogP contribution is 2.33. The number of nitrogens with zero attached hydrogens (tertiary/aromatic N) is 6. The molecule has 216 valence electrons. The van der Waals surface area contributed by atoms with Gasteiger partial charge in [-0.3, -0.25) is 9.36 Å². The number of carbonyl (C=O) groups excluding carboxylic acids is 1. The van der Waals surface area contributed by atoms with Crippen LogP contribution in [0.5, 0.6) is 0 Å². The van der Waals surface area contributed by atoms with Gasteiger partial charge in [-0.2, -0.15) is 5.10 Å².